The van der Waals surface area contributed by atoms with E-state index in [2.05, 4.69) is 9.97 Å². The summed E-state index contributed by atoms with van der Waals surface area (Å²) in [5, 5.41) is 82.5. The van der Waals surface area contributed by atoms with Crippen LogP contribution in [0.1, 0.15) is 6.23 Å². The number of aliphatic hydroxyl groups is 7. The molecule has 2 aromatic heterocycles. The van der Waals surface area contributed by atoms with Gasteiger partial charge in [-0.15, -0.1) is 0 Å². The highest BCUT2D eigenvalue weighted by Crippen LogP contribution is 2.36. The third kappa shape index (κ3) is 3.39. The lowest BCUT2D eigenvalue weighted by Gasteiger charge is -2.43. The molecule has 0 bridgehead atoms. The first-order valence-electron chi connectivity index (χ1n) is 9.37. The first-order valence-corrected chi connectivity index (χ1v) is 9.37. The summed E-state index contributed by atoms with van der Waals surface area (Å²) >= 11 is 0. The molecule has 2 fully saturated rings. The molecule has 0 saturated carbocycles. The van der Waals surface area contributed by atoms with Crippen LogP contribution in [0.2, 0.25) is 0 Å². The number of rotatable bonds is 4. The van der Waals surface area contributed by atoms with Crippen molar-refractivity contribution in [1.82, 2.24) is 14.5 Å². The van der Waals surface area contributed by atoms with Crippen LogP contribution >= 0.6 is 0 Å². The van der Waals surface area contributed by atoms with Crippen LogP contribution < -0.4 is 10.5 Å². The molecule has 0 amide bonds. The average Bonchev–Trinajstić information content (AvgIpc) is 3.30. The molecule has 10 atom stereocenters. The third-order valence-electron chi connectivity index (χ3n) is 5.68. The zero-order valence-corrected chi connectivity index (χ0v) is 15.9. The standard InChI is InChI=1S/C16H23N5O10/c17-14-5-15(19-3-21(14)29)20(2-18-5)16-10(27)9(26)13(31-16)11(28)12-8(25)7(24)6(23)4(1-22)30-12/h2-4,6-13,16,22-28H,1,17H2/t4-,6-,7+,8-,9+,10-,11?,12?,13+,16-/m1/s1. The van der Waals surface area contributed by atoms with E-state index in [1.807, 2.05) is 0 Å². The Morgan fingerprint density at radius 1 is 1.03 bits per heavy atom. The van der Waals surface area contributed by atoms with Crippen LogP contribution in [0.4, 0.5) is 5.82 Å². The lowest BCUT2D eigenvalue weighted by Crippen LogP contribution is -2.63. The van der Waals surface area contributed by atoms with Gasteiger partial charge in [0.2, 0.25) is 12.0 Å². The van der Waals surface area contributed by atoms with Crippen molar-refractivity contribution in [3.63, 3.8) is 0 Å². The van der Waals surface area contributed by atoms with Gasteiger partial charge in [-0.05, 0) is 0 Å². The Balaban J connectivity index is 1.60. The van der Waals surface area contributed by atoms with Gasteiger partial charge < -0.3 is 56.2 Å². The number of ether oxygens (including phenoxy) is 2. The van der Waals surface area contributed by atoms with Crippen molar-refractivity contribution in [3.8, 4) is 0 Å². The SMILES string of the molecule is Nc1c2ncn([C@@H]3O[C@H](C(O)C4O[C@H](CO)[C@@H](O)[C@H](O)[C@H]4O)[C@@H](O)[C@H]3O)c2nc[n+]1[O-]. The van der Waals surface area contributed by atoms with Crippen molar-refractivity contribution in [2.24, 2.45) is 0 Å². The summed E-state index contributed by atoms with van der Waals surface area (Å²) in [7, 11) is 0. The molecule has 9 N–H and O–H groups in total. The summed E-state index contributed by atoms with van der Waals surface area (Å²) in [6.45, 7) is -0.707. The Morgan fingerprint density at radius 3 is 2.35 bits per heavy atom. The van der Waals surface area contributed by atoms with E-state index in [0.29, 0.717) is 4.73 Å². The van der Waals surface area contributed by atoms with E-state index >= 15 is 0 Å². The molecule has 15 nitrogen and oxygen atoms in total. The predicted octanol–water partition coefficient (Wildman–Crippen LogP) is -5.53. The monoisotopic (exact) mass is 445 g/mol. The van der Waals surface area contributed by atoms with Crippen molar-refractivity contribution in [2.45, 2.75) is 61.2 Å². The fourth-order valence-corrected chi connectivity index (χ4v) is 3.92. The average molecular weight is 445 g/mol. The van der Waals surface area contributed by atoms with E-state index < -0.39 is 67.8 Å². The zero-order chi connectivity index (χ0) is 22.6. The Morgan fingerprint density at radius 2 is 1.68 bits per heavy atom. The van der Waals surface area contributed by atoms with E-state index in [1.165, 1.54) is 10.9 Å². The van der Waals surface area contributed by atoms with E-state index in [9.17, 15) is 41.0 Å². The van der Waals surface area contributed by atoms with Crippen molar-refractivity contribution >= 4 is 17.0 Å². The van der Waals surface area contributed by atoms with Gasteiger partial charge in [0.25, 0.3) is 5.82 Å². The molecule has 172 valence electrons. The molecule has 2 aliphatic rings. The number of fused-ring (bicyclic) bond motifs is 1. The number of nitrogens with zero attached hydrogens (tertiary/aromatic N) is 4. The van der Waals surface area contributed by atoms with Crippen molar-refractivity contribution in [2.75, 3.05) is 12.3 Å². The number of aliphatic hydroxyl groups excluding tert-OH is 7. The predicted molar refractivity (Wildman–Crippen MR) is 96.6 cm³/mol. The normalized spacial score (nSPS) is 39.8. The lowest BCUT2D eigenvalue weighted by atomic mass is 9.89. The zero-order valence-electron chi connectivity index (χ0n) is 15.9. The number of hydrogen-bond donors (Lipinski definition) is 8. The summed E-state index contributed by atoms with van der Waals surface area (Å²) in [6.07, 6.45) is -13.8. The fraction of sp³-hybridized carbons (Fsp3) is 0.688. The Bertz CT molecular complexity index is 943. The van der Waals surface area contributed by atoms with Gasteiger partial charge >= 0.3 is 0 Å². The van der Waals surface area contributed by atoms with Crippen LogP contribution in [-0.4, -0.2) is 112 Å². The molecule has 31 heavy (non-hydrogen) atoms. The number of nitrogen functional groups attached to an aromatic ring is 1. The lowest BCUT2D eigenvalue weighted by molar-refractivity contribution is -0.592. The molecule has 0 spiro atoms. The number of anilines is 1. The minimum atomic E-state index is -1.78. The van der Waals surface area contributed by atoms with Gasteiger partial charge in [-0.3, -0.25) is 4.57 Å². The largest absolute Gasteiger partial charge is 0.740 e. The summed E-state index contributed by atoms with van der Waals surface area (Å²) in [6, 6.07) is 0. The Labute approximate surface area is 173 Å². The number of nitrogens with two attached hydrogens (primary N) is 1. The van der Waals surface area contributed by atoms with E-state index in [0.717, 1.165) is 6.33 Å². The van der Waals surface area contributed by atoms with Gasteiger partial charge in [-0.1, -0.05) is 4.98 Å². The summed E-state index contributed by atoms with van der Waals surface area (Å²) in [4.78, 5) is 7.86. The molecule has 4 rings (SSSR count). The number of hydrogen-bond acceptors (Lipinski definition) is 13. The van der Waals surface area contributed by atoms with Crippen LogP contribution in [0.3, 0.4) is 0 Å². The van der Waals surface area contributed by atoms with Crippen LogP contribution in [0.5, 0.6) is 0 Å². The van der Waals surface area contributed by atoms with Gasteiger partial charge in [0.1, 0.15) is 61.3 Å². The van der Waals surface area contributed by atoms with Gasteiger partial charge in [-0.2, -0.15) is 0 Å². The summed E-state index contributed by atoms with van der Waals surface area (Å²) < 4.78 is 12.4. The van der Waals surface area contributed by atoms with Crippen LogP contribution in [-0.2, 0) is 9.47 Å². The minimum absolute atomic E-state index is 0.0284. The smallest absolute Gasteiger partial charge is 0.251 e. The van der Waals surface area contributed by atoms with Crippen LogP contribution in [0.15, 0.2) is 12.7 Å². The molecule has 0 aliphatic carbocycles. The fourth-order valence-electron chi connectivity index (χ4n) is 3.92. The summed E-state index contributed by atoms with van der Waals surface area (Å²) in [5.41, 5.74) is 5.77. The first-order chi connectivity index (χ1) is 14.7. The number of aromatic nitrogens is 4. The maximum atomic E-state index is 11.6. The van der Waals surface area contributed by atoms with Crippen LogP contribution in [0.25, 0.3) is 11.2 Å². The third-order valence-corrected chi connectivity index (χ3v) is 5.68. The molecule has 2 unspecified atom stereocenters. The molecule has 2 aromatic rings. The van der Waals surface area contributed by atoms with E-state index in [-0.39, 0.29) is 17.0 Å². The number of imidazole rings is 1. The highest BCUT2D eigenvalue weighted by atomic mass is 16.6. The molecule has 0 aromatic carbocycles. The second-order valence-electron chi connectivity index (χ2n) is 7.54. The highest BCUT2D eigenvalue weighted by molar-refractivity contribution is 5.79. The second kappa shape index (κ2) is 8.05. The molecule has 4 heterocycles. The highest BCUT2D eigenvalue weighted by Gasteiger charge is 2.54. The first kappa shape index (κ1) is 22.0. The van der Waals surface area contributed by atoms with Gasteiger partial charge in [0.15, 0.2) is 11.7 Å². The maximum Gasteiger partial charge on any atom is 0.251 e. The quantitative estimate of drug-likeness (QED) is 0.162. The van der Waals surface area contributed by atoms with Crippen LogP contribution in [0, 0.1) is 5.21 Å². The molecule has 2 saturated heterocycles. The molecular formula is C16H23N5O10. The minimum Gasteiger partial charge on any atom is -0.740 e. The molecular weight excluding hydrogens is 422 g/mol. The summed E-state index contributed by atoms with van der Waals surface area (Å²) in [5.74, 6) is -0.241. The van der Waals surface area contributed by atoms with Crippen molar-refractivity contribution in [1.29, 1.82) is 0 Å². The van der Waals surface area contributed by atoms with Gasteiger partial charge in [0.05, 0.1) is 6.61 Å². The van der Waals surface area contributed by atoms with Crippen molar-refractivity contribution in [3.05, 3.63) is 17.9 Å². The van der Waals surface area contributed by atoms with E-state index in [4.69, 9.17) is 15.2 Å². The molecule has 2 aliphatic heterocycles. The Kier molecular flexibility index (Phi) is 5.71. The van der Waals surface area contributed by atoms with E-state index in [1.54, 1.807) is 0 Å². The van der Waals surface area contributed by atoms with Crippen molar-refractivity contribution < 1.29 is 49.9 Å². The van der Waals surface area contributed by atoms with Gasteiger partial charge in [-0.25, -0.2) is 9.71 Å². The topological polar surface area (TPSA) is 244 Å². The molecule has 15 heteroatoms. The second-order valence-corrected chi connectivity index (χ2v) is 7.54. The van der Waals surface area contributed by atoms with Gasteiger partial charge in [0, 0.05) is 0 Å². The molecule has 0 radical (unpaired) electrons. The maximum absolute atomic E-state index is 11.6. The Hall–Kier alpha value is -2.21.